The SMILES string of the molecule is C[C@H]1CN(C2CCOC3(CCOC3)C2)CCN1. The van der Waals surface area contributed by atoms with Crippen LogP contribution < -0.4 is 5.32 Å². The molecule has 1 spiro atoms. The van der Waals surface area contributed by atoms with E-state index in [1.54, 1.807) is 0 Å². The maximum atomic E-state index is 6.01. The molecule has 4 heteroatoms. The van der Waals surface area contributed by atoms with E-state index < -0.39 is 0 Å². The Bertz CT molecular complexity index is 266. The first-order valence-electron chi connectivity index (χ1n) is 6.97. The number of hydrogen-bond acceptors (Lipinski definition) is 4. The summed E-state index contributed by atoms with van der Waals surface area (Å²) in [4.78, 5) is 2.66. The molecule has 3 saturated heterocycles. The zero-order chi connectivity index (χ0) is 11.7. The fraction of sp³-hybridized carbons (Fsp3) is 1.00. The highest BCUT2D eigenvalue weighted by Gasteiger charge is 2.42. The lowest BCUT2D eigenvalue weighted by Crippen LogP contribution is -2.56. The third-order valence-electron chi connectivity index (χ3n) is 4.45. The van der Waals surface area contributed by atoms with Gasteiger partial charge in [0.05, 0.1) is 12.2 Å². The summed E-state index contributed by atoms with van der Waals surface area (Å²) in [7, 11) is 0. The Hall–Kier alpha value is -0.160. The van der Waals surface area contributed by atoms with Crippen molar-refractivity contribution in [1.29, 1.82) is 0 Å². The number of ether oxygens (including phenoxy) is 2. The minimum Gasteiger partial charge on any atom is -0.378 e. The van der Waals surface area contributed by atoms with Gasteiger partial charge in [0.2, 0.25) is 0 Å². The average Bonchev–Trinajstić information content (AvgIpc) is 2.77. The minimum absolute atomic E-state index is 0.0526. The van der Waals surface area contributed by atoms with Gasteiger partial charge in [-0.05, 0) is 19.8 Å². The van der Waals surface area contributed by atoms with E-state index in [2.05, 4.69) is 17.1 Å². The number of piperazine rings is 1. The molecule has 0 aromatic rings. The van der Waals surface area contributed by atoms with Crippen LogP contribution in [0.25, 0.3) is 0 Å². The Kier molecular flexibility index (Phi) is 3.39. The highest BCUT2D eigenvalue weighted by Crippen LogP contribution is 2.34. The highest BCUT2D eigenvalue weighted by atomic mass is 16.6. The van der Waals surface area contributed by atoms with Crippen LogP contribution in [0.1, 0.15) is 26.2 Å². The molecule has 4 nitrogen and oxygen atoms in total. The van der Waals surface area contributed by atoms with Gasteiger partial charge >= 0.3 is 0 Å². The van der Waals surface area contributed by atoms with E-state index in [4.69, 9.17) is 9.47 Å². The Labute approximate surface area is 104 Å². The third-order valence-corrected chi connectivity index (χ3v) is 4.45. The van der Waals surface area contributed by atoms with Gasteiger partial charge in [0.1, 0.15) is 0 Å². The van der Waals surface area contributed by atoms with E-state index >= 15 is 0 Å². The molecule has 3 aliphatic heterocycles. The largest absolute Gasteiger partial charge is 0.378 e. The molecule has 17 heavy (non-hydrogen) atoms. The van der Waals surface area contributed by atoms with Crippen molar-refractivity contribution in [2.45, 2.75) is 43.9 Å². The van der Waals surface area contributed by atoms with Gasteiger partial charge in [0, 0.05) is 51.4 Å². The Morgan fingerprint density at radius 2 is 2.29 bits per heavy atom. The van der Waals surface area contributed by atoms with Crippen molar-refractivity contribution in [2.24, 2.45) is 0 Å². The molecule has 0 bridgehead atoms. The molecule has 3 rings (SSSR count). The summed E-state index contributed by atoms with van der Waals surface area (Å²) >= 11 is 0. The number of hydrogen-bond donors (Lipinski definition) is 1. The molecule has 0 aromatic heterocycles. The molecule has 1 N–H and O–H groups in total. The van der Waals surface area contributed by atoms with Crippen molar-refractivity contribution in [1.82, 2.24) is 10.2 Å². The third kappa shape index (κ3) is 2.50. The molecule has 0 radical (unpaired) electrons. The van der Waals surface area contributed by atoms with Gasteiger partial charge in [-0.25, -0.2) is 0 Å². The van der Waals surface area contributed by atoms with Gasteiger partial charge in [0.25, 0.3) is 0 Å². The Morgan fingerprint density at radius 3 is 3.06 bits per heavy atom. The first-order valence-corrected chi connectivity index (χ1v) is 6.97. The van der Waals surface area contributed by atoms with Crippen LogP contribution in [0.5, 0.6) is 0 Å². The second kappa shape index (κ2) is 4.84. The molecule has 3 aliphatic rings. The number of nitrogens with zero attached hydrogens (tertiary/aromatic N) is 1. The molecule has 3 fully saturated rings. The van der Waals surface area contributed by atoms with Crippen molar-refractivity contribution in [2.75, 3.05) is 39.5 Å². The van der Waals surface area contributed by atoms with Gasteiger partial charge in [-0.1, -0.05) is 0 Å². The van der Waals surface area contributed by atoms with E-state index in [0.717, 1.165) is 32.8 Å². The number of nitrogens with one attached hydrogen (secondary N) is 1. The van der Waals surface area contributed by atoms with Crippen LogP contribution in [-0.4, -0.2) is 62.0 Å². The summed E-state index contributed by atoms with van der Waals surface area (Å²) in [6, 6.07) is 1.33. The summed E-state index contributed by atoms with van der Waals surface area (Å²) in [5, 5.41) is 3.51. The fourth-order valence-electron chi connectivity index (χ4n) is 3.47. The van der Waals surface area contributed by atoms with Crippen molar-refractivity contribution in [3.05, 3.63) is 0 Å². The summed E-state index contributed by atoms with van der Waals surface area (Å²) in [5.74, 6) is 0. The van der Waals surface area contributed by atoms with Crippen molar-refractivity contribution in [3.63, 3.8) is 0 Å². The minimum atomic E-state index is 0.0526. The monoisotopic (exact) mass is 240 g/mol. The molecule has 98 valence electrons. The second-order valence-electron chi connectivity index (χ2n) is 5.83. The predicted octanol–water partition coefficient (Wildman–Crippen LogP) is 0.618. The van der Waals surface area contributed by atoms with Gasteiger partial charge in [-0.3, -0.25) is 4.90 Å². The van der Waals surface area contributed by atoms with E-state index in [-0.39, 0.29) is 5.60 Å². The lowest BCUT2D eigenvalue weighted by Gasteiger charge is -2.44. The summed E-state index contributed by atoms with van der Waals surface area (Å²) in [6.45, 7) is 8.37. The number of rotatable bonds is 1. The average molecular weight is 240 g/mol. The second-order valence-corrected chi connectivity index (χ2v) is 5.83. The summed E-state index contributed by atoms with van der Waals surface area (Å²) < 4.78 is 11.5. The van der Waals surface area contributed by atoms with Gasteiger partial charge in [0.15, 0.2) is 0 Å². The molecule has 0 aliphatic carbocycles. The highest BCUT2D eigenvalue weighted by molar-refractivity contribution is 4.94. The maximum Gasteiger partial charge on any atom is 0.0951 e. The standard InChI is InChI=1S/C13H24N2O2/c1-11-9-15(5-4-14-11)12-2-6-17-13(8-12)3-7-16-10-13/h11-12,14H,2-10H2,1H3/t11-,12?,13?/m0/s1. The smallest absolute Gasteiger partial charge is 0.0951 e. The fourth-order valence-corrected chi connectivity index (χ4v) is 3.47. The molecule has 0 saturated carbocycles. The zero-order valence-corrected chi connectivity index (χ0v) is 10.8. The summed E-state index contributed by atoms with van der Waals surface area (Å²) in [6.07, 6.45) is 3.44. The molecule has 2 unspecified atom stereocenters. The quantitative estimate of drug-likeness (QED) is 0.728. The first-order chi connectivity index (χ1) is 8.27. The molecule has 3 heterocycles. The van der Waals surface area contributed by atoms with Gasteiger partial charge in [-0.2, -0.15) is 0 Å². The normalized spacial score (nSPS) is 44.3. The molecular formula is C13H24N2O2. The molecule has 0 aromatic carbocycles. The van der Waals surface area contributed by atoms with E-state index in [1.165, 1.54) is 25.9 Å². The van der Waals surface area contributed by atoms with E-state index in [0.29, 0.717) is 12.1 Å². The van der Waals surface area contributed by atoms with Crippen molar-refractivity contribution >= 4 is 0 Å². The van der Waals surface area contributed by atoms with E-state index in [1.807, 2.05) is 0 Å². The lowest BCUT2D eigenvalue weighted by atomic mass is 9.88. The zero-order valence-electron chi connectivity index (χ0n) is 10.8. The lowest BCUT2D eigenvalue weighted by molar-refractivity contribution is -0.108. The van der Waals surface area contributed by atoms with Crippen LogP contribution in [0, 0.1) is 0 Å². The van der Waals surface area contributed by atoms with Crippen LogP contribution in [0.15, 0.2) is 0 Å². The van der Waals surface area contributed by atoms with Crippen LogP contribution in [0.3, 0.4) is 0 Å². The van der Waals surface area contributed by atoms with Crippen LogP contribution >= 0.6 is 0 Å². The molecular weight excluding hydrogens is 216 g/mol. The summed E-state index contributed by atoms with van der Waals surface area (Å²) in [5.41, 5.74) is 0.0526. The van der Waals surface area contributed by atoms with Gasteiger partial charge < -0.3 is 14.8 Å². The van der Waals surface area contributed by atoms with Gasteiger partial charge in [-0.15, -0.1) is 0 Å². The van der Waals surface area contributed by atoms with Crippen LogP contribution in [-0.2, 0) is 9.47 Å². The van der Waals surface area contributed by atoms with Crippen LogP contribution in [0.4, 0.5) is 0 Å². The first kappa shape index (κ1) is 11.9. The molecule has 3 atom stereocenters. The van der Waals surface area contributed by atoms with Crippen LogP contribution in [0.2, 0.25) is 0 Å². The molecule has 0 amide bonds. The maximum absolute atomic E-state index is 6.01. The van der Waals surface area contributed by atoms with Crippen molar-refractivity contribution in [3.8, 4) is 0 Å². The predicted molar refractivity (Wildman–Crippen MR) is 66.2 cm³/mol. The van der Waals surface area contributed by atoms with Crippen molar-refractivity contribution < 1.29 is 9.47 Å². The van der Waals surface area contributed by atoms with E-state index in [9.17, 15) is 0 Å². The topological polar surface area (TPSA) is 33.7 Å². The Balaban J connectivity index is 1.62. The Morgan fingerprint density at radius 1 is 1.35 bits per heavy atom.